The maximum Gasteiger partial charge on any atom is 0.270 e. The average molecular weight is 459 g/mol. The third-order valence-electron chi connectivity index (χ3n) is 4.58. The van der Waals surface area contributed by atoms with Gasteiger partial charge in [0.05, 0.1) is 10.7 Å². The van der Waals surface area contributed by atoms with Crippen molar-refractivity contribution in [3.63, 3.8) is 0 Å². The number of hydrogen-bond acceptors (Lipinski definition) is 7. The molecule has 4 aromatic rings. The molecule has 0 bridgehead atoms. The van der Waals surface area contributed by atoms with E-state index in [1.165, 1.54) is 18.2 Å². The summed E-state index contributed by atoms with van der Waals surface area (Å²) < 4.78 is 1.84. The van der Waals surface area contributed by atoms with E-state index in [0.29, 0.717) is 11.0 Å². The summed E-state index contributed by atoms with van der Waals surface area (Å²) in [4.78, 5) is 35.0. The molecule has 0 fully saturated rings. The molecule has 0 saturated carbocycles. The van der Waals surface area contributed by atoms with Crippen LogP contribution in [0.15, 0.2) is 90.1 Å². The Morgan fingerprint density at radius 1 is 0.939 bits per heavy atom. The molecule has 10 heteroatoms. The molecule has 9 nitrogen and oxygen atoms in total. The number of carbonyl (C=O) groups is 2. The molecule has 0 aliphatic carbocycles. The Morgan fingerprint density at radius 2 is 1.64 bits per heavy atom. The molecule has 1 heterocycles. The van der Waals surface area contributed by atoms with Crippen molar-refractivity contribution in [3.8, 4) is 17.1 Å². The van der Waals surface area contributed by atoms with Crippen LogP contribution in [-0.2, 0) is 4.79 Å². The van der Waals surface area contributed by atoms with Crippen LogP contribution in [-0.4, -0.2) is 37.3 Å². The molecule has 2 amide bonds. The maximum absolute atomic E-state index is 12.4. The highest BCUT2D eigenvalue weighted by atomic mass is 32.2. The van der Waals surface area contributed by atoms with E-state index >= 15 is 0 Å². The fraction of sp³-hybridized carbons (Fsp3) is 0.0435. The number of nitrogens with one attached hydrogen (secondary N) is 1. The van der Waals surface area contributed by atoms with Crippen LogP contribution in [0, 0.1) is 10.1 Å². The van der Waals surface area contributed by atoms with Crippen LogP contribution in [0.4, 0.5) is 5.69 Å². The van der Waals surface area contributed by atoms with Gasteiger partial charge in [-0.15, -0.1) is 10.2 Å². The summed E-state index contributed by atoms with van der Waals surface area (Å²) in [6.07, 6.45) is 0. The lowest BCUT2D eigenvalue weighted by atomic mass is 10.2. The zero-order chi connectivity index (χ0) is 23.2. The first-order chi connectivity index (χ1) is 16.0. The highest BCUT2D eigenvalue weighted by Gasteiger charge is 2.19. The van der Waals surface area contributed by atoms with E-state index in [1.807, 2.05) is 65.2 Å². The summed E-state index contributed by atoms with van der Waals surface area (Å²) in [7, 11) is 0. The summed E-state index contributed by atoms with van der Waals surface area (Å²) >= 11 is 1.13. The molecule has 0 spiro atoms. The number of imide groups is 1. The number of thioether (sulfide) groups is 1. The van der Waals surface area contributed by atoms with E-state index in [2.05, 4.69) is 15.5 Å². The number of benzene rings is 3. The Kier molecular flexibility index (Phi) is 6.56. The fourth-order valence-electron chi connectivity index (χ4n) is 3.07. The van der Waals surface area contributed by atoms with Gasteiger partial charge < -0.3 is 0 Å². The number of non-ortho nitro benzene ring substituents is 1. The van der Waals surface area contributed by atoms with Crippen LogP contribution in [0.1, 0.15) is 10.4 Å². The molecule has 0 aliphatic heterocycles. The first-order valence-corrected chi connectivity index (χ1v) is 10.8. The Bertz CT molecular complexity index is 1310. The predicted molar refractivity (Wildman–Crippen MR) is 123 cm³/mol. The quantitative estimate of drug-likeness (QED) is 0.253. The Hall–Kier alpha value is -4.31. The standard InChI is InChI=1S/C23H17N5O4S/c29-20(24-22(30)17-10-7-13-19(14-17)28(31)32)15-33-23-26-25-21(16-8-3-1-4-9-16)27(23)18-11-5-2-6-12-18/h1-14H,15H2,(H,24,29,30). The lowest BCUT2D eigenvalue weighted by molar-refractivity contribution is -0.384. The molecule has 33 heavy (non-hydrogen) atoms. The van der Waals surface area contributed by atoms with Gasteiger partial charge in [-0.05, 0) is 18.2 Å². The summed E-state index contributed by atoms with van der Waals surface area (Å²) in [6, 6.07) is 24.2. The fourth-order valence-corrected chi connectivity index (χ4v) is 3.83. The SMILES string of the molecule is O=C(CSc1nnc(-c2ccccc2)n1-c1ccccc1)NC(=O)c1cccc([N+](=O)[O-])c1. The minimum absolute atomic E-state index is 0.0290. The van der Waals surface area contributed by atoms with Gasteiger partial charge in [0.25, 0.3) is 11.6 Å². The number of nitro groups is 1. The molecule has 0 radical (unpaired) electrons. The molecule has 1 N–H and O–H groups in total. The Morgan fingerprint density at radius 3 is 2.33 bits per heavy atom. The molecular formula is C23H17N5O4S. The van der Waals surface area contributed by atoms with Crippen molar-refractivity contribution >= 4 is 29.3 Å². The Labute approximate surface area is 192 Å². The lowest BCUT2D eigenvalue weighted by Crippen LogP contribution is -2.31. The van der Waals surface area contributed by atoms with Crippen molar-refractivity contribution in [2.45, 2.75) is 5.16 Å². The second kappa shape index (κ2) is 9.88. The van der Waals surface area contributed by atoms with Crippen LogP contribution in [0.25, 0.3) is 17.1 Å². The van der Waals surface area contributed by atoms with Gasteiger partial charge in [-0.25, -0.2) is 0 Å². The normalized spacial score (nSPS) is 10.5. The predicted octanol–water partition coefficient (Wildman–Crippen LogP) is 3.89. The van der Waals surface area contributed by atoms with E-state index in [-0.39, 0.29) is 17.0 Å². The second-order valence-electron chi connectivity index (χ2n) is 6.82. The van der Waals surface area contributed by atoms with Gasteiger partial charge in [0.1, 0.15) is 0 Å². The number of nitro benzene ring substituents is 1. The van der Waals surface area contributed by atoms with Crippen molar-refractivity contribution in [1.82, 2.24) is 20.1 Å². The van der Waals surface area contributed by atoms with Gasteiger partial charge in [0.15, 0.2) is 11.0 Å². The van der Waals surface area contributed by atoms with Crippen LogP contribution in [0.3, 0.4) is 0 Å². The molecule has 3 aromatic carbocycles. The van der Waals surface area contributed by atoms with Gasteiger partial charge in [-0.3, -0.25) is 29.6 Å². The lowest BCUT2D eigenvalue weighted by Gasteiger charge is -2.10. The molecule has 4 rings (SSSR count). The highest BCUT2D eigenvalue weighted by Crippen LogP contribution is 2.27. The molecule has 164 valence electrons. The monoisotopic (exact) mass is 459 g/mol. The van der Waals surface area contributed by atoms with Crippen molar-refractivity contribution in [2.75, 3.05) is 5.75 Å². The van der Waals surface area contributed by atoms with Gasteiger partial charge >= 0.3 is 0 Å². The van der Waals surface area contributed by atoms with Crippen LogP contribution < -0.4 is 5.32 Å². The average Bonchev–Trinajstić information content (AvgIpc) is 3.28. The summed E-state index contributed by atoms with van der Waals surface area (Å²) in [5.74, 6) is -0.739. The number of hydrogen-bond donors (Lipinski definition) is 1. The summed E-state index contributed by atoms with van der Waals surface area (Å²) in [6.45, 7) is 0. The largest absolute Gasteiger partial charge is 0.292 e. The molecular weight excluding hydrogens is 442 g/mol. The topological polar surface area (TPSA) is 120 Å². The van der Waals surface area contributed by atoms with E-state index in [1.54, 1.807) is 0 Å². The zero-order valence-electron chi connectivity index (χ0n) is 17.1. The number of amides is 2. The van der Waals surface area contributed by atoms with Crippen molar-refractivity contribution in [1.29, 1.82) is 0 Å². The van der Waals surface area contributed by atoms with Gasteiger partial charge in [-0.2, -0.15) is 0 Å². The van der Waals surface area contributed by atoms with Crippen LogP contribution >= 0.6 is 11.8 Å². The van der Waals surface area contributed by atoms with Crippen LogP contribution in [0.2, 0.25) is 0 Å². The first-order valence-electron chi connectivity index (χ1n) is 9.80. The van der Waals surface area contributed by atoms with Gasteiger partial charge in [0, 0.05) is 28.9 Å². The maximum atomic E-state index is 12.4. The summed E-state index contributed by atoms with van der Waals surface area (Å²) in [5, 5.41) is 22.2. The van der Waals surface area contributed by atoms with E-state index in [0.717, 1.165) is 29.1 Å². The summed E-state index contributed by atoms with van der Waals surface area (Å²) in [5.41, 5.74) is 1.50. The highest BCUT2D eigenvalue weighted by molar-refractivity contribution is 7.99. The van der Waals surface area contributed by atoms with E-state index < -0.39 is 16.7 Å². The molecule has 0 aliphatic rings. The first kappa shape index (κ1) is 21.9. The zero-order valence-corrected chi connectivity index (χ0v) is 17.9. The third kappa shape index (κ3) is 5.13. The van der Waals surface area contributed by atoms with Crippen molar-refractivity contribution in [2.24, 2.45) is 0 Å². The number of para-hydroxylation sites is 1. The van der Waals surface area contributed by atoms with Crippen molar-refractivity contribution in [3.05, 3.63) is 101 Å². The minimum Gasteiger partial charge on any atom is -0.292 e. The van der Waals surface area contributed by atoms with Crippen molar-refractivity contribution < 1.29 is 14.5 Å². The number of rotatable bonds is 7. The molecule has 0 saturated heterocycles. The molecule has 0 unspecified atom stereocenters. The molecule has 0 atom stereocenters. The smallest absolute Gasteiger partial charge is 0.270 e. The van der Waals surface area contributed by atoms with Crippen LogP contribution in [0.5, 0.6) is 0 Å². The van der Waals surface area contributed by atoms with E-state index in [9.17, 15) is 19.7 Å². The number of carbonyl (C=O) groups excluding carboxylic acids is 2. The number of nitrogens with zero attached hydrogens (tertiary/aromatic N) is 4. The van der Waals surface area contributed by atoms with Gasteiger partial charge in [0.2, 0.25) is 5.91 Å². The minimum atomic E-state index is -0.709. The second-order valence-corrected chi connectivity index (χ2v) is 7.76. The Balaban J connectivity index is 1.51. The molecule has 1 aromatic heterocycles. The van der Waals surface area contributed by atoms with Gasteiger partial charge in [-0.1, -0.05) is 66.4 Å². The van der Waals surface area contributed by atoms with E-state index in [4.69, 9.17) is 0 Å². The third-order valence-corrected chi connectivity index (χ3v) is 5.51. The number of aromatic nitrogens is 3.